The standard InChI is InChI=1S/C17H17F3N2O5/c1-9(10-2-4-11(5-3-10)17(18,19)20)22-7-6-12(23)14(16(22)27)15(26)21-8-13(24)25/h2-5,9,23H,6-8H2,1H3,(H,21,26)(H,24,25). The molecule has 2 amide bonds. The molecule has 0 saturated carbocycles. The maximum Gasteiger partial charge on any atom is 0.416 e. The molecule has 7 nitrogen and oxygen atoms in total. The molecule has 0 bridgehead atoms. The van der Waals surface area contributed by atoms with E-state index in [1.165, 1.54) is 17.0 Å². The summed E-state index contributed by atoms with van der Waals surface area (Å²) in [6, 6.07) is 3.61. The molecule has 1 aromatic carbocycles. The second kappa shape index (κ2) is 7.68. The fourth-order valence-corrected chi connectivity index (χ4v) is 2.69. The van der Waals surface area contributed by atoms with E-state index in [1.807, 2.05) is 5.32 Å². The Balaban J connectivity index is 2.20. The summed E-state index contributed by atoms with van der Waals surface area (Å²) >= 11 is 0. The monoisotopic (exact) mass is 386 g/mol. The van der Waals surface area contributed by atoms with Gasteiger partial charge in [-0.1, -0.05) is 12.1 Å². The van der Waals surface area contributed by atoms with Gasteiger partial charge in [0.2, 0.25) is 0 Å². The number of carbonyl (C=O) groups excluding carboxylic acids is 2. The second-order valence-corrected chi connectivity index (χ2v) is 5.94. The van der Waals surface area contributed by atoms with Crippen LogP contribution in [0.15, 0.2) is 35.6 Å². The molecule has 2 rings (SSSR count). The second-order valence-electron chi connectivity index (χ2n) is 5.94. The van der Waals surface area contributed by atoms with E-state index in [-0.39, 0.29) is 13.0 Å². The zero-order chi connectivity index (χ0) is 20.4. The highest BCUT2D eigenvalue weighted by molar-refractivity contribution is 6.19. The van der Waals surface area contributed by atoms with Gasteiger partial charge in [-0.15, -0.1) is 0 Å². The lowest BCUT2D eigenvalue weighted by Gasteiger charge is -2.33. The number of aliphatic carboxylic acids is 1. The third kappa shape index (κ3) is 4.57. The smallest absolute Gasteiger partial charge is 0.416 e. The zero-order valence-corrected chi connectivity index (χ0v) is 14.2. The van der Waals surface area contributed by atoms with Crippen LogP contribution in [0, 0.1) is 0 Å². The van der Waals surface area contributed by atoms with Crippen molar-refractivity contribution in [1.29, 1.82) is 0 Å². The number of nitrogens with zero attached hydrogens (tertiary/aromatic N) is 1. The molecule has 0 spiro atoms. The van der Waals surface area contributed by atoms with Gasteiger partial charge in [-0.05, 0) is 24.6 Å². The van der Waals surface area contributed by atoms with E-state index in [9.17, 15) is 32.7 Å². The maximum atomic E-state index is 12.7. The van der Waals surface area contributed by atoms with Gasteiger partial charge >= 0.3 is 12.1 Å². The molecular formula is C17H17F3N2O5. The molecule has 3 N–H and O–H groups in total. The molecule has 10 heteroatoms. The quantitative estimate of drug-likeness (QED) is 0.671. The first-order valence-electron chi connectivity index (χ1n) is 7.92. The Labute approximate surface area is 152 Å². The van der Waals surface area contributed by atoms with Gasteiger partial charge in [-0.3, -0.25) is 14.4 Å². The van der Waals surface area contributed by atoms with Crippen LogP contribution in [0.5, 0.6) is 0 Å². The molecule has 1 aliphatic rings. The first kappa shape index (κ1) is 20.3. The lowest BCUT2D eigenvalue weighted by molar-refractivity contribution is -0.139. The molecule has 0 saturated heterocycles. The Morgan fingerprint density at radius 1 is 1.26 bits per heavy atom. The van der Waals surface area contributed by atoms with Gasteiger partial charge in [-0.2, -0.15) is 13.2 Å². The van der Waals surface area contributed by atoms with Crippen molar-refractivity contribution in [3.63, 3.8) is 0 Å². The Bertz CT molecular complexity index is 787. The SMILES string of the molecule is CC(c1ccc(C(F)(F)F)cc1)N1CCC(O)=C(C(=O)NCC(=O)O)C1=O. The molecule has 1 aromatic rings. The number of hydrogen-bond acceptors (Lipinski definition) is 4. The fraction of sp³-hybridized carbons (Fsp3) is 0.353. The topological polar surface area (TPSA) is 107 Å². The predicted molar refractivity (Wildman–Crippen MR) is 86.5 cm³/mol. The van der Waals surface area contributed by atoms with E-state index in [0.29, 0.717) is 5.56 Å². The van der Waals surface area contributed by atoms with E-state index < -0.39 is 53.4 Å². The lowest BCUT2D eigenvalue weighted by atomic mass is 9.99. The van der Waals surface area contributed by atoms with Crippen LogP contribution < -0.4 is 5.32 Å². The number of carbonyl (C=O) groups is 3. The van der Waals surface area contributed by atoms with Gasteiger partial charge in [-0.25, -0.2) is 0 Å². The summed E-state index contributed by atoms with van der Waals surface area (Å²) in [6.07, 6.45) is -4.51. The average molecular weight is 386 g/mol. The largest absolute Gasteiger partial charge is 0.511 e. The van der Waals surface area contributed by atoms with Crippen LogP contribution in [-0.4, -0.2) is 46.0 Å². The van der Waals surface area contributed by atoms with Gasteiger partial charge in [0.05, 0.1) is 11.6 Å². The van der Waals surface area contributed by atoms with Gasteiger partial charge in [0.1, 0.15) is 17.9 Å². The Hall–Kier alpha value is -3.04. The summed E-state index contributed by atoms with van der Waals surface area (Å²) in [5.41, 5.74) is -0.973. The molecule has 1 unspecified atom stereocenters. The maximum absolute atomic E-state index is 12.7. The average Bonchev–Trinajstić information content (AvgIpc) is 2.59. The van der Waals surface area contributed by atoms with Crippen molar-refractivity contribution in [1.82, 2.24) is 10.2 Å². The van der Waals surface area contributed by atoms with Gasteiger partial charge in [0, 0.05) is 13.0 Å². The summed E-state index contributed by atoms with van der Waals surface area (Å²) in [7, 11) is 0. The number of rotatable bonds is 5. The van der Waals surface area contributed by atoms with Crippen LogP contribution in [0.1, 0.15) is 30.5 Å². The molecule has 1 atom stereocenters. The third-order valence-electron chi connectivity index (χ3n) is 4.17. The van der Waals surface area contributed by atoms with Crippen molar-refractivity contribution < 1.29 is 37.8 Å². The van der Waals surface area contributed by atoms with Crippen molar-refractivity contribution in [3.05, 3.63) is 46.7 Å². The van der Waals surface area contributed by atoms with Crippen LogP contribution in [-0.2, 0) is 20.6 Å². The minimum Gasteiger partial charge on any atom is -0.511 e. The van der Waals surface area contributed by atoms with Crippen molar-refractivity contribution in [2.45, 2.75) is 25.6 Å². The number of amides is 2. The molecule has 27 heavy (non-hydrogen) atoms. The highest BCUT2D eigenvalue weighted by Gasteiger charge is 2.35. The Kier molecular flexibility index (Phi) is 5.77. The van der Waals surface area contributed by atoms with Crippen LogP contribution in [0.2, 0.25) is 0 Å². The molecule has 0 fully saturated rings. The lowest BCUT2D eigenvalue weighted by Crippen LogP contribution is -2.44. The van der Waals surface area contributed by atoms with E-state index >= 15 is 0 Å². The number of benzene rings is 1. The first-order valence-corrected chi connectivity index (χ1v) is 7.92. The highest BCUT2D eigenvalue weighted by Crippen LogP contribution is 2.32. The van der Waals surface area contributed by atoms with Crippen molar-refractivity contribution in [2.24, 2.45) is 0 Å². The van der Waals surface area contributed by atoms with Gasteiger partial charge in [0.15, 0.2) is 0 Å². The Morgan fingerprint density at radius 2 is 1.85 bits per heavy atom. The first-order chi connectivity index (χ1) is 12.5. The minimum atomic E-state index is -4.48. The van der Waals surface area contributed by atoms with Crippen LogP contribution in [0.4, 0.5) is 13.2 Å². The number of aliphatic hydroxyl groups is 1. The summed E-state index contributed by atoms with van der Waals surface area (Å²) in [6.45, 7) is 0.912. The molecule has 146 valence electrons. The molecule has 1 aliphatic heterocycles. The normalized spacial score (nSPS) is 16.3. The van der Waals surface area contributed by atoms with Crippen molar-refractivity contribution >= 4 is 17.8 Å². The number of carboxylic acid groups (broad SMARTS) is 1. The summed E-state index contributed by atoms with van der Waals surface area (Å²) < 4.78 is 38.0. The number of halogens is 3. The summed E-state index contributed by atoms with van der Waals surface area (Å²) in [4.78, 5) is 36.4. The summed E-state index contributed by atoms with van der Waals surface area (Å²) in [5.74, 6) is -3.63. The van der Waals surface area contributed by atoms with E-state index in [4.69, 9.17) is 5.11 Å². The number of nitrogens with one attached hydrogen (secondary N) is 1. The molecule has 0 aromatic heterocycles. The molecule has 1 heterocycles. The molecular weight excluding hydrogens is 369 g/mol. The fourth-order valence-electron chi connectivity index (χ4n) is 2.69. The van der Waals surface area contributed by atoms with Gasteiger partial charge in [0.25, 0.3) is 11.8 Å². The number of carboxylic acids is 1. The number of hydrogen-bond donors (Lipinski definition) is 3. The zero-order valence-electron chi connectivity index (χ0n) is 14.2. The van der Waals surface area contributed by atoms with E-state index in [2.05, 4.69) is 0 Å². The highest BCUT2D eigenvalue weighted by atomic mass is 19.4. The predicted octanol–water partition coefficient (Wildman–Crippen LogP) is 2.01. The molecule has 0 aliphatic carbocycles. The van der Waals surface area contributed by atoms with Crippen molar-refractivity contribution in [2.75, 3.05) is 13.1 Å². The number of aliphatic hydroxyl groups excluding tert-OH is 1. The van der Waals surface area contributed by atoms with E-state index in [0.717, 1.165) is 12.1 Å². The van der Waals surface area contributed by atoms with Crippen molar-refractivity contribution in [3.8, 4) is 0 Å². The van der Waals surface area contributed by atoms with Crippen LogP contribution in [0.3, 0.4) is 0 Å². The van der Waals surface area contributed by atoms with Gasteiger partial charge < -0.3 is 20.4 Å². The Morgan fingerprint density at radius 3 is 2.37 bits per heavy atom. The van der Waals surface area contributed by atoms with E-state index in [1.54, 1.807) is 6.92 Å². The van der Waals surface area contributed by atoms with Crippen LogP contribution in [0.25, 0.3) is 0 Å². The summed E-state index contributed by atoms with van der Waals surface area (Å²) in [5, 5.41) is 20.5. The number of alkyl halides is 3. The minimum absolute atomic E-state index is 0.0352. The molecule has 0 radical (unpaired) electrons. The third-order valence-corrected chi connectivity index (χ3v) is 4.17. The van der Waals surface area contributed by atoms with Crippen LogP contribution >= 0.6 is 0 Å².